The SMILES string of the molecule is O=C(O)C(CS)c1cccc(Cl)c1. The number of carboxylic acid groups (broad SMARTS) is 1. The van der Waals surface area contributed by atoms with E-state index in [1.807, 2.05) is 0 Å². The largest absolute Gasteiger partial charge is 0.481 e. The molecule has 1 rings (SSSR count). The zero-order valence-corrected chi connectivity index (χ0v) is 8.42. The van der Waals surface area contributed by atoms with Crippen molar-refractivity contribution in [3.8, 4) is 0 Å². The third-order valence-corrected chi connectivity index (χ3v) is 2.33. The first-order valence-electron chi connectivity index (χ1n) is 3.74. The van der Waals surface area contributed by atoms with Crippen LogP contribution in [0.25, 0.3) is 0 Å². The van der Waals surface area contributed by atoms with Gasteiger partial charge in [0.1, 0.15) is 0 Å². The third-order valence-electron chi connectivity index (χ3n) is 1.73. The van der Waals surface area contributed by atoms with E-state index in [2.05, 4.69) is 12.6 Å². The predicted molar refractivity (Wildman–Crippen MR) is 55.7 cm³/mol. The summed E-state index contributed by atoms with van der Waals surface area (Å²) < 4.78 is 0. The highest BCUT2D eigenvalue weighted by molar-refractivity contribution is 7.80. The van der Waals surface area contributed by atoms with Crippen LogP contribution in [-0.2, 0) is 4.79 Å². The van der Waals surface area contributed by atoms with Gasteiger partial charge in [0.15, 0.2) is 0 Å². The Hall–Kier alpha value is -0.670. The summed E-state index contributed by atoms with van der Waals surface area (Å²) in [4.78, 5) is 10.8. The van der Waals surface area contributed by atoms with Crippen molar-refractivity contribution in [3.63, 3.8) is 0 Å². The fourth-order valence-corrected chi connectivity index (χ4v) is 1.62. The van der Waals surface area contributed by atoms with Crippen LogP contribution < -0.4 is 0 Å². The Bertz CT molecular complexity index is 314. The minimum absolute atomic E-state index is 0.273. The number of benzene rings is 1. The van der Waals surface area contributed by atoms with Gasteiger partial charge in [-0.25, -0.2) is 0 Å². The topological polar surface area (TPSA) is 37.3 Å². The molecule has 4 heteroatoms. The third kappa shape index (κ3) is 2.64. The van der Waals surface area contributed by atoms with E-state index in [9.17, 15) is 4.79 Å². The molecule has 0 fully saturated rings. The highest BCUT2D eigenvalue weighted by Crippen LogP contribution is 2.20. The minimum atomic E-state index is -0.878. The lowest BCUT2D eigenvalue weighted by atomic mass is 10.0. The van der Waals surface area contributed by atoms with Crippen molar-refractivity contribution in [2.45, 2.75) is 5.92 Å². The Morgan fingerprint density at radius 2 is 2.31 bits per heavy atom. The summed E-state index contributed by atoms with van der Waals surface area (Å²) in [7, 11) is 0. The molecular weight excluding hydrogens is 208 g/mol. The van der Waals surface area contributed by atoms with E-state index >= 15 is 0 Å². The second-order valence-corrected chi connectivity index (χ2v) is 3.43. The maximum Gasteiger partial charge on any atom is 0.311 e. The summed E-state index contributed by atoms with van der Waals surface area (Å²) in [5.41, 5.74) is 0.690. The molecule has 70 valence electrons. The maximum atomic E-state index is 10.8. The van der Waals surface area contributed by atoms with E-state index in [0.29, 0.717) is 10.6 Å². The van der Waals surface area contributed by atoms with Crippen LogP contribution in [0.5, 0.6) is 0 Å². The molecule has 13 heavy (non-hydrogen) atoms. The molecule has 0 saturated carbocycles. The summed E-state index contributed by atoms with van der Waals surface area (Å²) in [5.74, 6) is -1.19. The van der Waals surface area contributed by atoms with E-state index in [4.69, 9.17) is 16.7 Å². The number of hydrogen-bond acceptors (Lipinski definition) is 2. The molecule has 0 saturated heterocycles. The molecule has 0 amide bonds. The van der Waals surface area contributed by atoms with Gasteiger partial charge < -0.3 is 5.11 Å². The number of halogens is 1. The van der Waals surface area contributed by atoms with Gasteiger partial charge in [0.05, 0.1) is 5.92 Å². The molecule has 0 bridgehead atoms. The number of carboxylic acids is 1. The van der Waals surface area contributed by atoms with Gasteiger partial charge in [-0.2, -0.15) is 12.6 Å². The fourth-order valence-electron chi connectivity index (χ4n) is 1.05. The molecule has 1 aromatic rings. The summed E-state index contributed by atoms with van der Waals surface area (Å²) in [5, 5.41) is 9.37. The van der Waals surface area contributed by atoms with E-state index in [0.717, 1.165) is 0 Å². The molecule has 1 N–H and O–H groups in total. The molecular formula is C9H9ClO2S. The smallest absolute Gasteiger partial charge is 0.311 e. The Morgan fingerprint density at radius 1 is 1.62 bits per heavy atom. The van der Waals surface area contributed by atoms with Gasteiger partial charge in [0.2, 0.25) is 0 Å². The molecule has 1 unspecified atom stereocenters. The lowest BCUT2D eigenvalue weighted by molar-refractivity contribution is -0.138. The van der Waals surface area contributed by atoms with Crippen LogP contribution >= 0.6 is 24.2 Å². The van der Waals surface area contributed by atoms with Crippen LogP contribution in [-0.4, -0.2) is 16.8 Å². The molecule has 0 aromatic heterocycles. The average molecular weight is 217 g/mol. The first kappa shape index (κ1) is 10.4. The van der Waals surface area contributed by atoms with Crippen molar-refractivity contribution in [3.05, 3.63) is 34.9 Å². The van der Waals surface area contributed by atoms with Crippen molar-refractivity contribution < 1.29 is 9.90 Å². The highest BCUT2D eigenvalue weighted by atomic mass is 35.5. The van der Waals surface area contributed by atoms with Crippen molar-refractivity contribution in [2.24, 2.45) is 0 Å². The van der Waals surface area contributed by atoms with Crippen LogP contribution in [0.3, 0.4) is 0 Å². The molecule has 0 aliphatic carbocycles. The normalized spacial score (nSPS) is 12.5. The fraction of sp³-hybridized carbons (Fsp3) is 0.222. The van der Waals surface area contributed by atoms with Crippen molar-refractivity contribution in [1.29, 1.82) is 0 Å². The van der Waals surface area contributed by atoms with Gasteiger partial charge in [-0.05, 0) is 17.7 Å². The Kier molecular flexibility index (Phi) is 3.63. The van der Waals surface area contributed by atoms with Gasteiger partial charge in [0.25, 0.3) is 0 Å². The number of rotatable bonds is 3. The summed E-state index contributed by atoms with van der Waals surface area (Å²) >= 11 is 9.71. The molecule has 0 heterocycles. The first-order valence-corrected chi connectivity index (χ1v) is 4.75. The monoisotopic (exact) mass is 216 g/mol. The van der Waals surface area contributed by atoms with Crippen LogP contribution in [0, 0.1) is 0 Å². The van der Waals surface area contributed by atoms with Gasteiger partial charge in [0, 0.05) is 10.8 Å². The highest BCUT2D eigenvalue weighted by Gasteiger charge is 2.17. The molecule has 0 aliphatic heterocycles. The maximum absolute atomic E-state index is 10.8. The summed E-state index contributed by atoms with van der Waals surface area (Å²) in [6.07, 6.45) is 0. The Morgan fingerprint density at radius 3 is 2.77 bits per heavy atom. The van der Waals surface area contributed by atoms with Crippen LogP contribution in [0.15, 0.2) is 24.3 Å². The zero-order valence-electron chi connectivity index (χ0n) is 6.77. The van der Waals surface area contributed by atoms with Gasteiger partial charge in [-0.15, -0.1) is 0 Å². The molecule has 0 radical (unpaired) electrons. The second kappa shape index (κ2) is 4.53. The predicted octanol–water partition coefficient (Wildman–Crippen LogP) is 2.44. The van der Waals surface area contributed by atoms with Crippen LogP contribution in [0.2, 0.25) is 5.02 Å². The lowest BCUT2D eigenvalue weighted by Crippen LogP contribution is -2.12. The Balaban J connectivity index is 2.98. The lowest BCUT2D eigenvalue weighted by Gasteiger charge is -2.09. The van der Waals surface area contributed by atoms with Crippen LogP contribution in [0.4, 0.5) is 0 Å². The first-order chi connectivity index (χ1) is 6.15. The Labute approximate surface area is 86.9 Å². The number of carbonyl (C=O) groups is 1. The van der Waals surface area contributed by atoms with E-state index < -0.39 is 11.9 Å². The van der Waals surface area contributed by atoms with Crippen LogP contribution in [0.1, 0.15) is 11.5 Å². The molecule has 0 spiro atoms. The standard InChI is InChI=1S/C9H9ClO2S/c10-7-3-1-2-6(4-7)8(5-13)9(11)12/h1-4,8,13H,5H2,(H,11,12). The van der Waals surface area contributed by atoms with E-state index in [1.165, 1.54) is 0 Å². The van der Waals surface area contributed by atoms with E-state index in [-0.39, 0.29) is 5.75 Å². The number of hydrogen-bond donors (Lipinski definition) is 2. The molecule has 0 aliphatic rings. The second-order valence-electron chi connectivity index (χ2n) is 2.63. The number of thiol groups is 1. The van der Waals surface area contributed by atoms with Gasteiger partial charge >= 0.3 is 5.97 Å². The minimum Gasteiger partial charge on any atom is -0.481 e. The average Bonchev–Trinajstić information content (AvgIpc) is 2.04. The molecule has 2 nitrogen and oxygen atoms in total. The quantitative estimate of drug-likeness (QED) is 0.762. The van der Waals surface area contributed by atoms with Crippen molar-refractivity contribution >= 4 is 30.2 Å². The van der Waals surface area contributed by atoms with Crippen molar-refractivity contribution in [2.75, 3.05) is 5.75 Å². The zero-order chi connectivity index (χ0) is 9.84. The van der Waals surface area contributed by atoms with Gasteiger partial charge in [-0.3, -0.25) is 4.79 Å². The van der Waals surface area contributed by atoms with E-state index in [1.54, 1.807) is 24.3 Å². The summed E-state index contributed by atoms with van der Waals surface area (Å²) in [6, 6.07) is 6.83. The summed E-state index contributed by atoms with van der Waals surface area (Å²) in [6.45, 7) is 0. The van der Waals surface area contributed by atoms with Gasteiger partial charge in [-0.1, -0.05) is 23.7 Å². The molecule has 1 atom stereocenters. The number of aliphatic carboxylic acids is 1. The van der Waals surface area contributed by atoms with Crippen molar-refractivity contribution in [1.82, 2.24) is 0 Å². The molecule has 1 aromatic carbocycles.